The van der Waals surface area contributed by atoms with E-state index in [1.807, 2.05) is 23.1 Å². The fraction of sp³-hybridized carbons (Fsp3) is 0.438. The molecule has 1 unspecified atom stereocenters. The lowest BCUT2D eigenvalue weighted by Crippen LogP contribution is -2.41. The van der Waals surface area contributed by atoms with Crippen molar-refractivity contribution in [1.29, 1.82) is 0 Å². The highest BCUT2D eigenvalue weighted by atomic mass is 35.5. The smallest absolute Gasteiger partial charge is 0.253 e. The number of benzene rings is 1. The van der Waals surface area contributed by atoms with Crippen LogP contribution in [-0.2, 0) is 4.79 Å². The Morgan fingerprint density at radius 1 is 1.45 bits per heavy atom. The van der Waals surface area contributed by atoms with E-state index in [1.165, 1.54) is 6.42 Å². The van der Waals surface area contributed by atoms with Gasteiger partial charge in [0.25, 0.3) is 5.91 Å². The van der Waals surface area contributed by atoms with Gasteiger partial charge in [-0.05, 0) is 43.0 Å². The van der Waals surface area contributed by atoms with Crippen LogP contribution in [0.15, 0.2) is 23.8 Å². The van der Waals surface area contributed by atoms with Crippen LogP contribution in [0.2, 0.25) is 5.02 Å². The van der Waals surface area contributed by atoms with Gasteiger partial charge in [-0.25, -0.2) is 0 Å². The van der Waals surface area contributed by atoms with Gasteiger partial charge in [0.2, 0.25) is 0 Å². The zero-order valence-electron chi connectivity index (χ0n) is 11.6. The van der Waals surface area contributed by atoms with E-state index in [2.05, 4.69) is 6.92 Å². The van der Waals surface area contributed by atoms with E-state index in [-0.39, 0.29) is 5.91 Å². The van der Waals surface area contributed by atoms with E-state index in [0.29, 0.717) is 23.1 Å². The van der Waals surface area contributed by atoms with Crippen LogP contribution in [0.3, 0.4) is 0 Å². The highest BCUT2D eigenvalue weighted by Gasteiger charge is 2.25. The monoisotopic (exact) mass is 291 g/mol. The lowest BCUT2D eigenvalue weighted by Gasteiger charge is -2.32. The first-order chi connectivity index (χ1) is 9.63. The van der Waals surface area contributed by atoms with Crippen molar-refractivity contribution in [3.8, 4) is 5.75 Å². The number of nitrogens with zero attached hydrogens (tertiary/aromatic N) is 1. The van der Waals surface area contributed by atoms with Crippen molar-refractivity contribution in [3.63, 3.8) is 0 Å². The van der Waals surface area contributed by atoms with Crippen molar-refractivity contribution >= 4 is 23.6 Å². The van der Waals surface area contributed by atoms with E-state index in [1.54, 1.807) is 6.07 Å². The Kier molecular flexibility index (Phi) is 3.70. The average molecular weight is 292 g/mol. The average Bonchev–Trinajstić information content (AvgIpc) is 2.45. The number of fused-ring (bicyclic) bond motifs is 1. The molecule has 0 saturated carbocycles. The normalized spacial score (nSPS) is 21.8. The lowest BCUT2D eigenvalue weighted by atomic mass is 9.99. The number of amides is 1. The summed E-state index contributed by atoms with van der Waals surface area (Å²) in [5.74, 6) is 1.47. The van der Waals surface area contributed by atoms with Crippen molar-refractivity contribution in [3.05, 3.63) is 34.4 Å². The van der Waals surface area contributed by atoms with Gasteiger partial charge in [-0.2, -0.15) is 0 Å². The minimum Gasteiger partial charge on any atom is -0.488 e. The summed E-state index contributed by atoms with van der Waals surface area (Å²) in [4.78, 5) is 14.5. The summed E-state index contributed by atoms with van der Waals surface area (Å²) in [6.07, 6.45) is 4.20. The van der Waals surface area contributed by atoms with E-state index in [4.69, 9.17) is 16.3 Å². The zero-order chi connectivity index (χ0) is 14.1. The number of halogens is 1. The van der Waals surface area contributed by atoms with Gasteiger partial charge in [0.1, 0.15) is 12.4 Å². The Balaban J connectivity index is 1.82. The third-order valence-electron chi connectivity index (χ3n) is 3.90. The van der Waals surface area contributed by atoms with Gasteiger partial charge < -0.3 is 9.64 Å². The molecule has 2 aliphatic rings. The van der Waals surface area contributed by atoms with Crippen molar-refractivity contribution in [2.24, 2.45) is 5.92 Å². The first-order valence-electron chi connectivity index (χ1n) is 7.05. The van der Waals surface area contributed by atoms with E-state index < -0.39 is 0 Å². The second kappa shape index (κ2) is 5.49. The molecular weight excluding hydrogens is 274 g/mol. The molecule has 1 fully saturated rings. The predicted octanol–water partition coefficient (Wildman–Crippen LogP) is 3.37. The molecule has 20 heavy (non-hydrogen) atoms. The molecule has 0 spiro atoms. The predicted molar refractivity (Wildman–Crippen MR) is 79.9 cm³/mol. The number of ether oxygens (including phenoxy) is 1. The number of hydrogen-bond donors (Lipinski definition) is 0. The summed E-state index contributed by atoms with van der Waals surface area (Å²) in [7, 11) is 0. The van der Waals surface area contributed by atoms with Crippen LogP contribution in [0.5, 0.6) is 5.75 Å². The maximum atomic E-state index is 12.5. The number of carbonyl (C=O) groups excluding carboxylic acids is 1. The molecule has 2 aliphatic heterocycles. The molecule has 0 bridgehead atoms. The number of piperidine rings is 1. The minimum absolute atomic E-state index is 0.0992. The van der Waals surface area contributed by atoms with Gasteiger partial charge >= 0.3 is 0 Å². The Morgan fingerprint density at radius 3 is 3.10 bits per heavy atom. The van der Waals surface area contributed by atoms with Gasteiger partial charge in [0, 0.05) is 23.7 Å². The zero-order valence-corrected chi connectivity index (χ0v) is 12.3. The maximum Gasteiger partial charge on any atom is 0.253 e. The summed E-state index contributed by atoms with van der Waals surface area (Å²) in [6, 6.07) is 5.48. The number of likely N-dealkylation sites (tertiary alicyclic amines) is 1. The Labute approximate surface area is 124 Å². The van der Waals surface area contributed by atoms with Crippen molar-refractivity contribution in [2.75, 3.05) is 19.7 Å². The minimum atomic E-state index is 0.0992. The van der Waals surface area contributed by atoms with Crippen molar-refractivity contribution in [1.82, 2.24) is 4.90 Å². The van der Waals surface area contributed by atoms with Crippen LogP contribution < -0.4 is 4.74 Å². The lowest BCUT2D eigenvalue weighted by molar-refractivity contribution is -0.129. The van der Waals surface area contributed by atoms with Gasteiger partial charge in [0.05, 0.1) is 5.57 Å². The molecule has 2 heterocycles. The van der Waals surface area contributed by atoms with Crippen molar-refractivity contribution < 1.29 is 9.53 Å². The molecule has 0 aromatic heterocycles. The van der Waals surface area contributed by atoms with Gasteiger partial charge in [-0.3, -0.25) is 4.79 Å². The molecule has 3 rings (SSSR count). The molecule has 1 aromatic rings. The quantitative estimate of drug-likeness (QED) is 0.794. The van der Waals surface area contributed by atoms with Gasteiger partial charge in [0.15, 0.2) is 0 Å². The van der Waals surface area contributed by atoms with Crippen LogP contribution in [0.1, 0.15) is 25.3 Å². The Morgan fingerprint density at radius 2 is 2.30 bits per heavy atom. The summed E-state index contributed by atoms with van der Waals surface area (Å²) < 4.78 is 5.66. The standard InChI is InChI=1S/C16H18ClNO2/c1-11-3-2-6-18(9-11)16(19)13-7-12-8-14(17)4-5-15(12)20-10-13/h4-5,7-8,11H,2-3,6,9-10H2,1H3. The molecule has 3 nitrogen and oxygen atoms in total. The third-order valence-corrected chi connectivity index (χ3v) is 4.14. The third kappa shape index (κ3) is 2.68. The number of rotatable bonds is 1. The van der Waals surface area contributed by atoms with Crippen LogP contribution in [0.4, 0.5) is 0 Å². The molecule has 0 N–H and O–H groups in total. The van der Waals surface area contributed by atoms with Crippen LogP contribution in [-0.4, -0.2) is 30.5 Å². The Bertz CT molecular complexity index is 568. The summed E-state index contributed by atoms with van der Waals surface area (Å²) in [6.45, 7) is 4.24. The molecule has 1 amide bonds. The fourth-order valence-electron chi connectivity index (χ4n) is 2.85. The molecule has 0 aliphatic carbocycles. The van der Waals surface area contributed by atoms with Crippen LogP contribution >= 0.6 is 11.6 Å². The number of carbonyl (C=O) groups is 1. The highest BCUT2D eigenvalue weighted by molar-refractivity contribution is 6.30. The van der Waals surface area contributed by atoms with Crippen LogP contribution in [0, 0.1) is 5.92 Å². The van der Waals surface area contributed by atoms with Crippen LogP contribution in [0.25, 0.3) is 6.08 Å². The molecule has 106 valence electrons. The van der Waals surface area contributed by atoms with Gasteiger partial charge in [-0.1, -0.05) is 18.5 Å². The molecule has 1 aromatic carbocycles. The molecule has 4 heteroatoms. The SMILES string of the molecule is CC1CCCN(C(=O)C2=Cc3cc(Cl)ccc3OC2)C1. The molecule has 0 radical (unpaired) electrons. The first kappa shape index (κ1) is 13.5. The first-order valence-corrected chi connectivity index (χ1v) is 7.43. The molecule has 1 saturated heterocycles. The number of hydrogen-bond acceptors (Lipinski definition) is 2. The van der Waals surface area contributed by atoms with Crippen molar-refractivity contribution in [2.45, 2.75) is 19.8 Å². The molecule has 1 atom stereocenters. The Hall–Kier alpha value is -1.48. The van der Waals surface area contributed by atoms with E-state index >= 15 is 0 Å². The topological polar surface area (TPSA) is 29.5 Å². The highest BCUT2D eigenvalue weighted by Crippen LogP contribution is 2.30. The second-order valence-electron chi connectivity index (χ2n) is 5.64. The maximum absolute atomic E-state index is 12.5. The summed E-state index contributed by atoms with van der Waals surface area (Å²) >= 11 is 5.99. The summed E-state index contributed by atoms with van der Waals surface area (Å²) in [5, 5.41) is 0.656. The largest absolute Gasteiger partial charge is 0.488 e. The van der Waals surface area contributed by atoms with E-state index in [0.717, 1.165) is 30.8 Å². The van der Waals surface area contributed by atoms with Gasteiger partial charge in [-0.15, -0.1) is 0 Å². The second-order valence-corrected chi connectivity index (χ2v) is 6.08. The molecular formula is C16H18ClNO2. The van der Waals surface area contributed by atoms with E-state index in [9.17, 15) is 4.79 Å². The fourth-order valence-corrected chi connectivity index (χ4v) is 3.03. The summed E-state index contributed by atoms with van der Waals surface area (Å²) in [5.41, 5.74) is 1.60.